The van der Waals surface area contributed by atoms with E-state index in [0.717, 1.165) is 38.5 Å². The molecule has 0 aromatic heterocycles. The highest BCUT2D eigenvalue weighted by Crippen LogP contribution is 2.81. The molecular formula is C32H46O4. The number of carbonyl (C=O) groups is 2. The van der Waals surface area contributed by atoms with E-state index >= 15 is 0 Å². The number of ether oxygens (including phenoxy) is 2. The molecule has 6 aliphatic rings. The molecule has 0 amide bonds. The van der Waals surface area contributed by atoms with Crippen molar-refractivity contribution < 1.29 is 19.1 Å². The van der Waals surface area contributed by atoms with E-state index < -0.39 is 11.0 Å². The van der Waals surface area contributed by atoms with Crippen LogP contribution < -0.4 is 0 Å². The molecule has 2 bridgehead atoms. The van der Waals surface area contributed by atoms with Crippen LogP contribution in [0.25, 0.3) is 0 Å². The topological polar surface area (TPSA) is 52.6 Å². The van der Waals surface area contributed by atoms with Crippen molar-refractivity contribution in [2.24, 2.45) is 38.4 Å². The molecule has 1 heterocycles. The second-order valence-electron chi connectivity index (χ2n) is 15.4. The Hall–Kier alpha value is -1.58. The second-order valence-corrected chi connectivity index (χ2v) is 15.4. The largest absolute Gasteiger partial charge is 0.462 e. The number of hydrogen-bond donors (Lipinski definition) is 0. The Bertz CT molecular complexity index is 1110. The molecular weight excluding hydrogens is 448 g/mol. The van der Waals surface area contributed by atoms with Gasteiger partial charge in [0.25, 0.3) is 0 Å². The first kappa shape index (κ1) is 24.7. The second kappa shape index (κ2) is 6.89. The van der Waals surface area contributed by atoms with Crippen molar-refractivity contribution in [3.63, 3.8) is 0 Å². The molecule has 4 fully saturated rings. The average molecular weight is 495 g/mol. The van der Waals surface area contributed by atoms with E-state index in [1.54, 1.807) is 0 Å². The first-order valence-electron chi connectivity index (χ1n) is 14.4. The van der Waals surface area contributed by atoms with Gasteiger partial charge in [-0.15, -0.1) is 0 Å². The number of rotatable bonds is 1. The Morgan fingerprint density at radius 1 is 0.972 bits per heavy atom. The summed E-state index contributed by atoms with van der Waals surface area (Å²) in [6.07, 6.45) is 13.9. The van der Waals surface area contributed by atoms with Crippen LogP contribution >= 0.6 is 0 Å². The Balaban J connectivity index is 1.49. The van der Waals surface area contributed by atoms with Crippen LogP contribution in [0.4, 0.5) is 0 Å². The Morgan fingerprint density at radius 2 is 1.67 bits per heavy atom. The van der Waals surface area contributed by atoms with E-state index in [2.05, 4.69) is 60.6 Å². The van der Waals surface area contributed by atoms with Crippen LogP contribution in [0.3, 0.4) is 0 Å². The summed E-state index contributed by atoms with van der Waals surface area (Å²) in [5.74, 6) is 0.257. The lowest BCUT2D eigenvalue weighted by molar-refractivity contribution is -0.201. The van der Waals surface area contributed by atoms with Crippen LogP contribution in [-0.4, -0.2) is 23.6 Å². The van der Waals surface area contributed by atoms with Gasteiger partial charge in [-0.05, 0) is 86.2 Å². The highest BCUT2D eigenvalue weighted by Gasteiger charge is 2.83. The molecule has 0 aromatic rings. The third kappa shape index (κ3) is 2.58. The van der Waals surface area contributed by atoms with E-state index in [-0.39, 0.29) is 45.1 Å². The van der Waals surface area contributed by atoms with E-state index in [1.165, 1.54) is 37.3 Å². The van der Waals surface area contributed by atoms with Gasteiger partial charge in [-0.1, -0.05) is 60.1 Å². The average Bonchev–Trinajstić information content (AvgIpc) is 2.89. The molecule has 0 aromatic carbocycles. The summed E-state index contributed by atoms with van der Waals surface area (Å²) >= 11 is 0. The highest BCUT2D eigenvalue weighted by molar-refractivity contribution is 5.85. The molecule has 1 saturated heterocycles. The van der Waals surface area contributed by atoms with Crippen LogP contribution in [0, 0.1) is 38.4 Å². The number of fused-ring (bicyclic) bond motifs is 2. The quantitative estimate of drug-likeness (QED) is 0.358. The fourth-order valence-corrected chi connectivity index (χ4v) is 10.7. The van der Waals surface area contributed by atoms with Gasteiger partial charge in [0.2, 0.25) is 0 Å². The van der Waals surface area contributed by atoms with Crippen molar-refractivity contribution in [1.82, 2.24) is 0 Å². The number of carbonyl (C=O) groups excluding carboxylic acids is 2. The summed E-state index contributed by atoms with van der Waals surface area (Å²) in [6.45, 7) is 18.0. The zero-order valence-corrected chi connectivity index (χ0v) is 23.8. The van der Waals surface area contributed by atoms with Crippen molar-refractivity contribution >= 4 is 11.9 Å². The van der Waals surface area contributed by atoms with Gasteiger partial charge in [-0.25, -0.2) is 0 Å². The smallest absolute Gasteiger partial charge is 0.314 e. The minimum Gasteiger partial charge on any atom is -0.462 e. The van der Waals surface area contributed by atoms with Gasteiger partial charge in [0.15, 0.2) is 0 Å². The normalized spacial score (nSPS) is 49.8. The fraction of sp³-hybridized carbons (Fsp3) is 0.812. The molecule has 4 heteroatoms. The Labute approximate surface area is 217 Å². The summed E-state index contributed by atoms with van der Waals surface area (Å²) < 4.78 is 12.6. The molecule has 198 valence electrons. The summed E-state index contributed by atoms with van der Waals surface area (Å²) in [4.78, 5) is 26.2. The Morgan fingerprint density at radius 3 is 2.36 bits per heavy atom. The maximum absolute atomic E-state index is 14.3. The summed E-state index contributed by atoms with van der Waals surface area (Å²) in [6, 6.07) is 0. The number of esters is 2. The van der Waals surface area contributed by atoms with Crippen molar-refractivity contribution in [2.45, 2.75) is 125 Å². The van der Waals surface area contributed by atoms with Crippen molar-refractivity contribution in [3.8, 4) is 0 Å². The van der Waals surface area contributed by atoms with Gasteiger partial charge < -0.3 is 9.47 Å². The first-order chi connectivity index (χ1) is 16.6. The Kier molecular flexibility index (Phi) is 4.73. The molecule has 5 aliphatic carbocycles. The van der Waals surface area contributed by atoms with Gasteiger partial charge in [0.05, 0.1) is 5.41 Å². The van der Waals surface area contributed by atoms with Gasteiger partial charge in [0.1, 0.15) is 11.7 Å². The van der Waals surface area contributed by atoms with E-state index in [4.69, 9.17) is 9.47 Å². The van der Waals surface area contributed by atoms with Gasteiger partial charge in [-0.3, -0.25) is 9.59 Å². The summed E-state index contributed by atoms with van der Waals surface area (Å²) in [5, 5.41) is 0. The van der Waals surface area contributed by atoms with Gasteiger partial charge >= 0.3 is 11.9 Å². The minimum atomic E-state index is -0.596. The summed E-state index contributed by atoms with van der Waals surface area (Å²) in [5.41, 5.74) is 1.53. The number of allylic oxidation sites excluding steroid dienone is 1. The van der Waals surface area contributed by atoms with Crippen LogP contribution in [0.1, 0.15) is 113 Å². The van der Waals surface area contributed by atoms with Crippen molar-refractivity contribution in [1.29, 1.82) is 0 Å². The zero-order chi connectivity index (χ0) is 26.2. The highest BCUT2D eigenvalue weighted by atomic mass is 16.6. The zero-order valence-electron chi connectivity index (χ0n) is 23.8. The molecule has 1 spiro atoms. The van der Waals surface area contributed by atoms with Crippen molar-refractivity contribution in [3.05, 3.63) is 23.3 Å². The molecule has 36 heavy (non-hydrogen) atoms. The molecule has 0 N–H and O–H groups in total. The molecule has 1 aliphatic heterocycles. The van der Waals surface area contributed by atoms with Crippen LogP contribution in [0.15, 0.2) is 23.3 Å². The van der Waals surface area contributed by atoms with Gasteiger partial charge in [0, 0.05) is 23.2 Å². The predicted molar refractivity (Wildman–Crippen MR) is 140 cm³/mol. The van der Waals surface area contributed by atoms with E-state index in [1.807, 2.05) is 0 Å². The third-order valence-corrected chi connectivity index (χ3v) is 13.0. The van der Waals surface area contributed by atoms with E-state index in [9.17, 15) is 9.59 Å². The van der Waals surface area contributed by atoms with E-state index in [0.29, 0.717) is 5.92 Å². The maximum atomic E-state index is 14.3. The molecule has 3 saturated carbocycles. The lowest BCUT2D eigenvalue weighted by atomic mass is 9.32. The third-order valence-electron chi connectivity index (χ3n) is 13.0. The minimum absolute atomic E-state index is 0.0870. The number of hydrogen-bond acceptors (Lipinski definition) is 4. The van der Waals surface area contributed by atoms with Crippen molar-refractivity contribution in [2.75, 3.05) is 0 Å². The summed E-state index contributed by atoms with van der Waals surface area (Å²) in [7, 11) is 0. The standard InChI is InChI=1S/C32H46O4/c1-20(33)35-24-10-9-22-21(27(24,4)5)11-12-32-29(22,7)16-18-31(25(34)36-32)23-19-26(2,3)13-14-28(23,6)15-17-30(31,32)8/h11-12,23-24H,9-10,13-19H2,1-8H3/t23-,24+,28-,29+,30+,31+,32-/m1/s1. The lowest BCUT2D eigenvalue weighted by Gasteiger charge is -2.69. The molecule has 0 radical (unpaired) electrons. The SMILES string of the molecule is CC(=O)O[C@H]1CCC2=C(C=C[C@@]34OC(=O)[C@]5(CC[C@@]23C)[C@@H]2CC(C)(C)CC[C@]2(C)CC[C@]45C)C1(C)C. The predicted octanol–water partition coefficient (Wildman–Crippen LogP) is 7.32. The molecule has 7 atom stereocenters. The van der Waals surface area contributed by atoms with Crippen LogP contribution in [-0.2, 0) is 19.1 Å². The first-order valence-corrected chi connectivity index (χ1v) is 14.4. The molecule has 0 unspecified atom stereocenters. The monoisotopic (exact) mass is 494 g/mol. The molecule has 6 rings (SSSR count). The van der Waals surface area contributed by atoms with Gasteiger partial charge in [-0.2, -0.15) is 0 Å². The maximum Gasteiger partial charge on any atom is 0.314 e. The lowest BCUT2D eigenvalue weighted by Crippen LogP contribution is -2.69. The molecule has 4 nitrogen and oxygen atoms in total. The fourth-order valence-electron chi connectivity index (χ4n) is 10.7. The van der Waals surface area contributed by atoms with Crippen LogP contribution in [0.5, 0.6) is 0 Å². The van der Waals surface area contributed by atoms with Crippen LogP contribution in [0.2, 0.25) is 0 Å².